The normalized spacial score (nSPS) is 11.0. The molecular weight excluding hydrogens is 272 g/mol. The summed E-state index contributed by atoms with van der Waals surface area (Å²) in [5.74, 6) is 0. The summed E-state index contributed by atoms with van der Waals surface area (Å²) >= 11 is 0. The van der Waals surface area contributed by atoms with Gasteiger partial charge in [0.05, 0.1) is 11.5 Å². The predicted molar refractivity (Wildman–Crippen MR) is 80.2 cm³/mol. The maximum Gasteiger partial charge on any atom is 0.407 e. The van der Waals surface area contributed by atoms with Crippen molar-refractivity contribution in [1.82, 2.24) is 5.32 Å². The zero-order valence-corrected chi connectivity index (χ0v) is 12.7. The Bertz CT molecular complexity index is 477. The van der Waals surface area contributed by atoms with Gasteiger partial charge in [0.2, 0.25) is 0 Å². The van der Waals surface area contributed by atoms with E-state index in [0.717, 1.165) is 18.4 Å². The van der Waals surface area contributed by atoms with Gasteiger partial charge in [-0.25, -0.2) is 4.79 Å². The van der Waals surface area contributed by atoms with E-state index in [1.807, 2.05) is 20.8 Å². The van der Waals surface area contributed by atoms with Gasteiger partial charge in [-0.15, -0.1) is 0 Å². The zero-order chi connectivity index (χ0) is 15.9. The van der Waals surface area contributed by atoms with E-state index in [9.17, 15) is 14.9 Å². The number of benzene rings is 1. The summed E-state index contributed by atoms with van der Waals surface area (Å²) in [5.41, 5.74) is 1.05. The van der Waals surface area contributed by atoms with Gasteiger partial charge < -0.3 is 10.1 Å². The zero-order valence-electron chi connectivity index (χ0n) is 12.7. The number of hydrogen-bond acceptors (Lipinski definition) is 4. The topological polar surface area (TPSA) is 81.5 Å². The molecular formula is C15H22N2O4. The molecule has 21 heavy (non-hydrogen) atoms. The van der Waals surface area contributed by atoms with Crippen molar-refractivity contribution < 1.29 is 14.5 Å². The van der Waals surface area contributed by atoms with Crippen molar-refractivity contribution >= 4 is 11.8 Å². The number of rotatable bonds is 6. The molecule has 0 bridgehead atoms. The first-order chi connectivity index (χ1) is 9.78. The van der Waals surface area contributed by atoms with Crippen LogP contribution in [0.1, 0.15) is 32.8 Å². The number of nitro groups is 1. The fourth-order valence-electron chi connectivity index (χ4n) is 1.60. The van der Waals surface area contributed by atoms with Gasteiger partial charge in [0.1, 0.15) is 0 Å². The number of nitrogens with zero attached hydrogens (tertiary/aromatic N) is 1. The van der Waals surface area contributed by atoms with Crippen LogP contribution in [0.4, 0.5) is 10.5 Å². The minimum atomic E-state index is -0.420. The number of aryl methyl sites for hydroxylation is 1. The van der Waals surface area contributed by atoms with Gasteiger partial charge >= 0.3 is 6.09 Å². The highest BCUT2D eigenvalue weighted by molar-refractivity contribution is 5.67. The first-order valence-corrected chi connectivity index (χ1v) is 6.92. The molecule has 1 aromatic rings. The van der Waals surface area contributed by atoms with E-state index in [1.54, 1.807) is 12.1 Å². The second-order valence-corrected chi connectivity index (χ2v) is 6.09. The summed E-state index contributed by atoms with van der Waals surface area (Å²) in [5, 5.41) is 13.2. The van der Waals surface area contributed by atoms with Gasteiger partial charge in [0.15, 0.2) is 0 Å². The average molecular weight is 294 g/mol. The third-order valence-electron chi connectivity index (χ3n) is 2.70. The summed E-state index contributed by atoms with van der Waals surface area (Å²) in [6, 6.07) is 6.44. The maximum absolute atomic E-state index is 11.4. The van der Waals surface area contributed by atoms with E-state index in [4.69, 9.17) is 4.74 Å². The molecule has 1 N–H and O–H groups in total. The van der Waals surface area contributed by atoms with Crippen molar-refractivity contribution in [1.29, 1.82) is 0 Å². The Morgan fingerprint density at radius 2 is 1.90 bits per heavy atom. The third-order valence-corrected chi connectivity index (χ3v) is 2.70. The largest absolute Gasteiger partial charge is 0.449 e. The number of carbonyl (C=O) groups excluding carboxylic acids is 1. The van der Waals surface area contributed by atoms with E-state index in [0.29, 0.717) is 13.2 Å². The van der Waals surface area contributed by atoms with Crippen molar-refractivity contribution in [2.24, 2.45) is 5.41 Å². The highest BCUT2D eigenvalue weighted by Gasteiger charge is 2.13. The number of alkyl carbamates (subject to hydrolysis) is 1. The molecule has 1 rings (SSSR count). The van der Waals surface area contributed by atoms with Crippen LogP contribution in [-0.2, 0) is 11.2 Å². The summed E-state index contributed by atoms with van der Waals surface area (Å²) in [6.07, 6.45) is 1.09. The molecule has 1 aromatic carbocycles. The standard InChI is InChI=1S/C15H22N2O4/c1-15(2,3)11-21-14(18)16-10-4-5-12-6-8-13(9-7-12)17(19)20/h6-9H,4-5,10-11H2,1-3H3,(H,16,18). The maximum atomic E-state index is 11.4. The van der Waals surface area contributed by atoms with E-state index in [-0.39, 0.29) is 11.1 Å². The van der Waals surface area contributed by atoms with Crippen LogP contribution in [0, 0.1) is 15.5 Å². The lowest BCUT2D eigenvalue weighted by molar-refractivity contribution is -0.384. The van der Waals surface area contributed by atoms with Gasteiger partial charge in [-0.2, -0.15) is 0 Å². The van der Waals surface area contributed by atoms with Gasteiger partial charge in [-0.1, -0.05) is 32.9 Å². The van der Waals surface area contributed by atoms with E-state index >= 15 is 0 Å². The molecule has 6 nitrogen and oxygen atoms in total. The summed E-state index contributed by atoms with van der Waals surface area (Å²) in [7, 11) is 0. The second kappa shape index (κ2) is 7.61. The predicted octanol–water partition coefficient (Wildman–Crippen LogP) is 3.30. The van der Waals surface area contributed by atoms with Crippen LogP contribution in [0.2, 0.25) is 0 Å². The summed E-state index contributed by atoms with van der Waals surface area (Å²) in [6.45, 7) is 6.87. The lowest BCUT2D eigenvalue weighted by atomic mass is 9.99. The number of amides is 1. The Labute approximate surface area is 124 Å². The van der Waals surface area contributed by atoms with Crippen molar-refractivity contribution in [2.75, 3.05) is 13.2 Å². The number of carbonyl (C=O) groups is 1. The molecule has 116 valence electrons. The van der Waals surface area contributed by atoms with E-state index in [2.05, 4.69) is 5.32 Å². The first kappa shape index (κ1) is 16.9. The Hall–Kier alpha value is -2.11. The van der Waals surface area contributed by atoms with Gasteiger partial charge in [-0.05, 0) is 23.8 Å². The highest BCUT2D eigenvalue weighted by atomic mass is 16.6. The quantitative estimate of drug-likeness (QED) is 0.496. The SMILES string of the molecule is CC(C)(C)COC(=O)NCCCc1ccc([N+](=O)[O-])cc1. The number of ether oxygens (including phenoxy) is 1. The fraction of sp³-hybridized carbons (Fsp3) is 0.533. The minimum Gasteiger partial charge on any atom is -0.449 e. The monoisotopic (exact) mass is 294 g/mol. The van der Waals surface area contributed by atoms with Gasteiger partial charge in [-0.3, -0.25) is 10.1 Å². The molecule has 1 amide bonds. The van der Waals surface area contributed by atoms with Crippen LogP contribution in [0.5, 0.6) is 0 Å². The van der Waals surface area contributed by atoms with Crippen LogP contribution < -0.4 is 5.32 Å². The van der Waals surface area contributed by atoms with E-state index < -0.39 is 11.0 Å². The Morgan fingerprint density at radius 3 is 2.43 bits per heavy atom. The van der Waals surface area contributed by atoms with Crippen molar-refractivity contribution in [3.63, 3.8) is 0 Å². The number of hydrogen-bond donors (Lipinski definition) is 1. The number of nitrogens with one attached hydrogen (secondary N) is 1. The molecule has 0 unspecified atom stereocenters. The first-order valence-electron chi connectivity index (χ1n) is 6.92. The number of non-ortho nitro benzene ring substituents is 1. The molecule has 0 spiro atoms. The smallest absolute Gasteiger partial charge is 0.407 e. The molecule has 0 aliphatic heterocycles. The molecule has 0 aliphatic carbocycles. The molecule has 0 aliphatic rings. The third kappa shape index (κ3) is 7.29. The van der Waals surface area contributed by atoms with Crippen molar-refractivity contribution in [3.05, 3.63) is 39.9 Å². The highest BCUT2D eigenvalue weighted by Crippen LogP contribution is 2.13. The van der Waals surface area contributed by atoms with Crippen LogP contribution in [0.25, 0.3) is 0 Å². The summed E-state index contributed by atoms with van der Waals surface area (Å²) < 4.78 is 5.08. The molecule has 0 heterocycles. The van der Waals surface area contributed by atoms with Gasteiger partial charge in [0, 0.05) is 18.7 Å². The fourth-order valence-corrected chi connectivity index (χ4v) is 1.60. The van der Waals surface area contributed by atoms with Crippen LogP contribution >= 0.6 is 0 Å². The summed E-state index contributed by atoms with van der Waals surface area (Å²) in [4.78, 5) is 21.5. The molecule has 0 saturated heterocycles. The van der Waals surface area contributed by atoms with E-state index in [1.165, 1.54) is 12.1 Å². The molecule has 6 heteroatoms. The Balaban J connectivity index is 2.22. The molecule has 0 radical (unpaired) electrons. The molecule has 0 fully saturated rings. The minimum absolute atomic E-state index is 0.0455. The molecule has 0 aromatic heterocycles. The Morgan fingerprint density at radius 1 is 1.29 bits per heavy atom. The average Bonchev–Trinajstić information content (AvgIpc) is 2.41. The molecule has 0 saturated carbocycles. The number of nitro benzene ring substituents is 1. The van der Waals surface area contributed by atoms with Crippen LogP contribution in [0.3, 0.4) is 0 Å². The Kier molecular flexibility index (Phi) is 6.14. The van der Waals surface area contributed by atoms with Crippen molar-refractivity contribution in [2.45, 2.75) is 33.6 Å². The lowest BCUT2D eigenvalue weighted by Gasteiger charge is -2.17. The molecule has 0 atom stereocenters. The van der Waals surface area contributed by atoms with Gasteiger partial charge in [0.25, 0.3) is 5.69 Å². The van der Waals surface area contributed by atoms with Crippen LogP contribution in [-0.4, -0.2) is 24.2 Å². The lowest BCUT2D eigenvalue weighted by Crippen LogP contribution is -2.29. The van der Waals surface area contributed by atoms with Crippen molar-refractivity contribution in [3.8, 4) is 0 Å². The van der Waals surface area contributed by atoms with Crippen LogP contribution in [0.15, 0.2) is 24.3 Å². The second-order valence-electron chi connectivity index (χ2n) is 6.09.